The fourth-order valence-electron chi connectivity index (χ4n) is 1.54. The Morgan fingerprint density at radius 1 is 1.06 bits per heavy atom. The Balaban J connectivity index is 2.34. The van der Waals surface area contributed by atoms with Crippen LogP contribution in [0.4, 0.5) is 17.1 Å². The molecule has 0 radical (unpaired) electrons. The second kappa shape index (κ2) is 5.10. The summed E-state index contributed by atoms with van der Waals surface area (Å²) in [6.07, 6.45) is 0. The zero-order valence-electron chi connectivity index (χ0n) is 9.41. The van der Waals surface area contributed by atoms with E-state index in [1.807, 2.05) is 42.5 Å². The van der Waals surface area contributed by atoms with Crippen molar-refractivity contribution in [3.8, 4) is 5.75 Å². The highest BCUT2D eigenvalue weighted by Crippen LogP contribution is 2.33. The van der Waals surface area contributed by atoms with Crippen molar-refractivity contribution in [1.82, 2.24) is 0 Å². The maximum atomic E-state index is 5.99. The zero-order chi connectivity index (χ0) is 12.3. The van der Waals surface area contributed by atoms with Gasteiger partial charge in [-0.3, -0.25) is 0 Å². The fraction of sp³-hybridized carbons (Fsp3) is 0.0769. The van der Waals surface area contributed by atoms with Crippen LogP contribution in [-0.2, 0) is 0 Å². The molecule has 2 rings (SSSR count). The maximum absolute atomic E-state index is 5.99. The molecular weight excluding hydrogens is 280 g/mol. The lowest BCUT2D eigenvalue weighted by Gasteiger charge is -2.13. The zero-order valence-corrected chi connectivity index (χ0v) is 11.0. The van der Waals surface area contributed by atoms with E-state index in [0.717, 1.165) is 15.8 Å². The number of nitrogen functional groups attached to an aromatic ring is 1. The average molecular weight is 293 g/mol. The molecule has 0 aliphatic heterocycles. The number of rotatable bonds is 3. The lowest BCUT2D eigenvalue weighted by molar-refractivity contribution is 0.417. The Hall–Kier alpha value is -1.68. The smallest absolute Gasteiger partial charge is 0.143 e. The molecule has 0 heterocycles. The van der Waals surface area contributed by atoms with Crippen LogP contribution in [0.5, 0.6) is 5.75 Å². The number of anilines is 3. The van der Waals surface area contributed by atoms with Crippen LogP contribution in [-0.4, -0.2) is 7.11 Å². The van der Waals surface area contributed by atoms with E-state index < -0.39 is 0 Å². The monoisotopic (exact) mass is 292 g/mol. The van der Waals surface area contributed by atoms with Crippen LogP contribution in [0.1, 0.15) is 0 Å². The summed E-state index contributed by atoms with van der Waals surface area (Å²) in [4.78, 5) is 0. The molecule has 0 fully saturated rings. The normalized spacial score (nSPS) is 10.0. The molecule has 0 amide bonds. The first-order chi connectivity index (χ1) is 8.22. The first-order valence-corrected chi connectivity index (χ1v) is 5.95. The van der Waals surface area contributed by atoms with Gasteiger partial charge in [-0.1, -0.05) is 18.2 Å². The summed E-state index contributed by atoms with van der Waals surface area (Å²) in [5.74, 6) is 0.669. The highest BCUT2D eigenvalue weighted by Gasteiger charge is 2.06. The summed E-state index contributed by atoms with van der Waals surface area (Å²) in [5, 5.41) is 3.26. The fourth-order valence-corrected chi connectivity index (χ4v) is 1.92. The van der Waals surface area contributed by atoms with Crippen molar-refractivity contribution in [2.24, 2.45) is 0 Å². The van der Waals surface area contributed by atoms with Crippen molar-refractivity contribution in [2.45, 2.75) is 0 Å². The molecule has 0 atom stereocenters. The number of hydrogen-bond donors (Lipinski definition) is 2. The van der Waals surface area contributed by atoms with Crippen LogP contribution >= 0.6 is 15.9 Å². The van der Waals surface area contributed by atoms with E-state index in [0.29, 0.717) is 11.4 Å². The van der Waals surface area contributed by atoms with Crippen LogP contribution in [0.15, 0.2) is 46.9 Å². The van der Waals surface area contributed by atoms with Gasteiger partial charge in [-0.2, -0.15) is 0 Å². The second-order valence-electron chi connectivity index (χ2n) is 3.53. The minimum Gasteiger partial charge on any atom is -0.495 e. The van der Waals surface area contributed by atoms with Gasteiger partial charge in [-0.25, -0.2) is 0 Å². The van der Waals surface area contributed by atoms with Gasteiger partial charge >= 0.3 is 0 Å². The molecule has 0 aromatic heterocycles. The van der Waals surface area contributed by atoms with E-state index in [4.69, 9.17) is 10.5 Å². The summed E-state index contributed by atoms with van der Waals surface area (Å²) in [6.45, 7) is 0. The summed E-state index contributed by atoms with van der Waals surface area (Å²) in [6, 6.07) is 13.5. The number of methoxy groups -OCH3 is 1. The molecule has 0 saturated carbocycles. The van der Waals surface area contributed by atoms with Crippen LogP contribution in [0.2, 0.25) is 0 Å². The van der Waals surface area contributed by atoms with E-state index in [1.165, 1.54) is 0 Å². The highest BCUT2D eigenvalue weighted by atomic mass is 79.9. The molecule has 2 aromatic rings. The van der Waals surface area contributed by atoms with Gasteiger partial charge in [0, 0.05) is 4.47 Å². The van der Waals surface area contributed by atoms with Crippen molar-refractivity contribution in [3.63, 3.8) is 0 Å². The van der Waals surface area contributed by atoms with E-state index in [2.05, 4.69) is 21.2 Å². The Bertz CT molecular complexity index is 529. The van der Waals surface area contributed by atoms with Crippen LogP contribution < -0.4 is 15.8 Å². The minimum atomic E-state index is 0.603. The number of halogens is 1. The molecule has 17 heavy (non-hydrogen) atoms. The molecule has 0 saturated heterocycles. The van der Waals surface area contributed by atoms with Gasteiger partial charge in [-0.15, -0.1) is 0 Å². The molecule has 4 heteroatoms. The summed E-state index contributed by atoms with van der Waals surface area (Å²) >= 11 is 3.48. The number of nitrogens with two attached hydrogens (primary N) is 1. The average Bonchev–Trinajstić information content (AvgIpc) is 2.34. The Morgan fingerprint density at radius 2 is 1.76 bits per heavy atom. The third-order valence-corrected chi connectivity index (χ3v) is 3.12. The van der Waals surface area contributed by atoms with Crippen molar-refractivity contribution >= 4 is 33.0 Å². The molecule has 0 unspecified atom stereocenters. The molecule has 0 aliphatic rings. The number of ether oxygens (including phenoxy) is 1. The van der Waals surface area contributed by atoms with E-state index in [9.17, 15) is 0 Å². The van der Waals surface area contributed by atoms with Crippen LogP contribution in [0, 0.1) is 0 Å². The Morgan fingerprint density at radius 3 is 2.47 bits per heavy atom. The van der Waals surface area contributed by atoms with Gasteiger partial charge < -0.3 is 15.8 Å². The number of nitrogens with one attached hydrogen (secondary N) is 1. The standard InChI is InChI=1S/C13H13BrN2O/c1-17-12-8-4-7-11(13(12)15)16-10-6-3-2-5-9(10)14/h2-8,16H,15H2,1H3. The number of para-hydroxylation sites is 2. The van der Waals surface area contributed by atoms with Crippen molar-refractivity contribution in [2.75, 3.05) is 18.2 Å². The third kappa shape index (κ3) is 2.53. The molecule has 0 aliphatic carbocycles. The largest absolute Gasteiger partial charge is 0.495 e. The lowest BCUT2D eigenvalue weighted by atomic mass is 10.2. The van der Waals surface area contributed by atoms with Crippen molar-refractivity contribution < 1.29 is 4.74 Å². The van der Waals surface area contributed by atoms with E-state index >= 15 is 0 Å². The highest BCUT2D eigenvalue weighted by molar-refractivity contribution is 9.10. The van der Waals surface area contributed by atoms with Gasteiger partial charge in [0.25, 0.3) is 0 Å². The van der Waals surface area contributed by atoms with Gasteiger partial charge in [-0.05, 0) is 40.2 Å². The van der Waals surface area contributed by atoms with E-state index in [-0.39, 0.29) is 0 Å². The molecule has 0 spiro atoms. The SMILES string of the molecule is COc1cccc(Nc2ccccc2Br)c1N. The molecule has 3 nitrogen and oxygen atoms in total. The lowest BCUT2D eigenvalue weighted by Crippen LogP contribution is -1.99. The number of hydrogen-bond acceptors (Lipinski definition) is 3. The quantitative estimate of drug-likeness (QED) is 0.847. The first kappa shape index (κ1) is 11.8. The first-order valence-electron chi connectivity index (χ1n) is 5.16. The Labute approximate surface area is 109 Å². The predicted octanol–water partition coefficient (Wildman–Crippen LogP) is 3.78. The second-order valence-corrected chi connectivity index (χ2v) is 4.38. The van der Waals surface area contributed by atoms with Gasteiger partial charge in [0.2, 0.25) is 0 Å². The van der Waals surface area contributed by atoms with Crippen molar-refractivity contribution in [3.05, 3.63) is 46.9 Å². The number of benzene rings is 2. The van der Waals surface area contributed by atoms with Crippen LogP contribution in [0.3, 0.4) is 0 Å². The molecule has 3 N–H and O–H groups in total. The van der Waals surface area contributed by atoms with Gasteiger partial charge in [0.15, 0.2) is 0 Å². The summed E-state index contributed by atoms with van der Waals surface area (Å²) < 4.78 is 6.17. The topological polar surface area (TPSA) is 47.3 Å². The molecular formula is C13H13BrN2O. The third-order valence-electron chi connectivity index (χ3n) is 2.43. The molecule has 0 bridgehead atoms. The van der Waals surface area contributed by atoms with Crippen LogP contribution in [0.25, 0.3) is 0 Å². The van der Waals surface area contributed by atoms with Gasteiger partial charge in [0.05, 0.1) is 24.2 Å². The predicted molar refractivity (Wildman–Crippen MR) is 74.8 cm³/mol. The Kier molecular flexibility index (Phi) is 3.54. The van der Waals surface area contributed by atoms with Crippen molar-refractivity contribution in [1.29, 1.82) is 0 Å². The molecule has 2 aromatic carbocycles. The summed E-state index contributed by atoms with van der Waals surface area (Å²) in [5.41, 5.74) is 8.39. The van der Waals surface area contributed by atoms with E-state index in [1.54, 1.807) is 7.11 Å². The maximum Gasteiger partial charge on any atom is 0.143 e. The molecule has 88 valence electrons. The van der Waals surface area contributed by atoms with Gasteiger partial charge in [0.1, 0.15) is 5.75 Å². The minimum absolute atomic E-state index is 0.603. The summed E-state index contributed by atoms with van der Waals surface area (Å²) in [7, 11) is 1.61.